The molecule has 1 aliphatic rings. The standard InChI is InChI=1S/C19H18F2N2O2/c1-2-18(24)23-9-3-4-12-10-14(6-8-17(12)23)22-19(25)13-5-7-15(20)16(21)11-13/h5-8,10-11H,2-4,9H2,1H3,(H,22,25). The van der Waals surface area contributed by atoms with E-state index in [-0.39, 0.29) is 11.5 Å². The number of nitrogens with one attached hydrogen (secondary N) is 1. The van der Waals surface area contributed by atoms with E-state index in [2.05, 4.69) is 5.32 Å². The van der Waals surface area contributed by atoms with Crippen molar-refractivity contribution in [1.82, 2.24) is 0 Å². The van der Waals surface area contributed by atoms with Crippen molar-refractivity contribution in [3.05, 3.63) is 59.2 Å². The number of aryl methyl sites for hydroxylation is 1. The number of benzene rings is 2. The summed E-state index contributed by atoms with van der Waals surface area (Å²) < 4.78 is 26.2. The van der Waals surface area contributed by atoms with Crippen molar-refractivity contribution in [2.24, 2.45) is 0 Å². The molecule has 0 fully saturated rings. The Morgan fingerprint density at radius 3 is 2.64 bits per heavy atom. The van der Waals surface area contributed by atoms with Crippen LogP contribution in [0.15, 0.2) is 36.4 Å². The van der Waals surface area contributed by atoms with Crippen LogP contribution in [-0.4, -0.2) is 18.4 Å². The van der Waals surface area contributed by atoms with Crippen molar-refractivity contribution in [3.63, 3.8) is 0 Å². The van der Waals surface area contributed by atoms with Crippen LogP contribution in [0.2, 0.25) is 0 Å². The number of halogens is 2. The maximum Gasteiger partial charge on any atom is 0.255 e. The van der Waals surface area contributed by atoms with Gasteiger partial charge >= 0.3 is 0 Å². The molecule has 6 heteroatoms. The van der Waals surface area contributed by atoms with Gasteiger partial charge in [-0.05, 0) is 54.8 Å². The van der Waals surface area contributed by atoms with Gasteiger partial charge in [-0.25, -0.2) is 8.78 Å². The number of hydrogen-bond acceptors (Lipinski definition) is 2. The third kappa shape index (κ3) is 3.52. The summed E-state index contributed by atoms with van der Waals surface area (Å²) in [5.74, 6) is -2.51. The van der Waals surface area contributed by atoms with Gasteiger partial charge in [-0.2, -0.15) is 0 Å². The van der Waals surface area contributed by atoms with Crippen molar-refractivity contribution in [3.8, 4) is 0 Å². The monoisotopic (exact) mass is 344 g/mol. The predicted molar refractivity (Wildman–Crippen MR) is 91.7 cm³/mol. The smallest absolute Gasteiger partial charge is 0.255 e. The fourth-order valence-electron chi connectivity index (χ4n) is 2.97. The second-order valence-corrected chi connectivity index (χ2v) is 5.93. The first-order chi connectivity index (χ1) is 12.0. The van der Waals surface area contributed by atoms with Gasteiger partial charge in [0, 0.05) is 29.9 Å². The highest BCUT2D eigenvalue weighted by molar-refractivity contribution is 6.04. The number of carbonyl (C=O) groups excluding carboxylic acids is 2. The Hall–Kier alpha value is -2.76. The summed E-state index contributed by atoms with van der Waals surface area (Å²) in [7, 11) is 0. The minimum atomic E-state index is -1.06. The second-order valence-electron chi connectivity index (χ2n) is 5.93. The van der Waals surface area contributed by atoms with E-state index in [4.69, 9.17) is 0 Å². The molecule has 0 aromatic heterocycles. The van der Waals surface area contributed by atoms with Crippen LogP contribution in [-0.2, 0) is 11.2 Å². The Labute approximate surface area is 144 Å². The molecule has 0 saturated carbocycles. The van der Waals surface area contributed by atoms with Crippen LogP contribution in [0.3, 0.4) is 0 Å². The maximum atomic E-state index is 13.3. The molecule has 2 aromatic rings. The minimum Gasteiger partial charge on any atom is -0.322 e. The molecule has 1 heterocycles. The van der Waals surface area contributed by atoms with Crippen LogP contribution in [0.1, 0.15) is 35.7 Å². The zero-order valence-corrected chi connectivity index (χ0v) is 13.8. The molecule has 130 valence electrons. The number of anilines is 2. The van der Waals surface area contributed by atoms with Crippen LogP contribution in [0.4, 0.5) is 20.2 Å². The number of fused-ring (bicyclic) bond motifs is 1. The average molecular weight is 344 g/mol. The highest BCUT2D eigenvalue weighted by Gasteiger charge is 2.21. The Morgan fingerprint density at radius 2 is 1.92 bits per heavy atom. The Balaban J connectivity index is 1.81. The Morgan fingerprint density at radius 1 is 1.12 bits per heavy atom. The maximum absolute atomic E-state index is 13.3. The molecule has 2 aromatic carbocycles. The van der Waals surface area contributed by atoms with Crippen LogP contribution < -0.4 is 10.2 Å². The molecule has 2 amide bonds. The first-order valence-electron chi connectivity index (χ1n) is 8.19. The van der Waals surface area contributed by atoms with Crippen LogP contribution >= 0.6 is 0 Å². The number of carbonyl (C=O) groups is 2. The third-order valence-corrected chi connectivity index (χ3v) is 4.24. The molecule has 1 aliphatic heterocycles. The molecule has 0 radical (unpaired) electrons. The summed E-state index contributed by atoms with van der Waals surface area (Å²) in [5, 5.41) is 2.68. The van der Waals surface area contributed by atoms with Crippen LogP contribution in [0, 0.1) is 11.6 Å². The van der Waals surface area contributed by atoms with Crippen LogP contribution in [0.5, 0.6) is 0 Å². The predicted octanol–water partition coefficient (Wildman–Crippen LogP) is 3.91. The van der Waals surface area contributed by atoms with Gasteiger partial charge in [-0.15, -0.1) is 0 Å². The first-order valence-corrected chi connectivity index (χ1v) is 8.19. The van der Waals surface area contributed by atoms with Gasteiger partial charge in [0.15, 0.2) is 11.6 Å². The second kappa shape index (κ2) is 7.01. The quantitative estimate of drug-likeness (QED) is 0.918. The molecule has 0 aliphatic carbocycles. The van der Waals surface area contributed by atoms with Crippen molar-refractivity contribution in [1.29, 1.82) is 0 Å². The lowest BCUT2D eigenvalue weighted by Crippen LogP contribution is -2.34. The van der Waals surface area contributed by atoms with Gasteiger partial charge < -0.3 is 10.2 Å². The lowest BCUT2D eigenvalue weighted by Gasteiger charge is -2.29. The van der Waals surface area contributed by atoms with Gasteiger partial charge in [0.05, 0.1) is 0 Å². The fourth-order valence-corrected chi connectivity index (χ4v) is 2.97. The van der Waals surface area contributed by atoms with E-state index in [0.29, 0.717) is 18.7 Å². The molecule has 3 rings (SSSR count). The zero-order valence-electron chi connectivity index (χ0n) is 13.8. The molecule has 25 heavy (non-hydrogen) atoms. The first kappa shape index (κ1) is 17.1. The number of hydrogen-bond donors (Lipinski definition) is 1. The third-order valence-electron chi connectivity index (χ3n) is 4.24. The topological polar surface area (TPSA) is 49.4 Å². The largest absolute Gasteiger partial charge is 0.322 e. The summed E-state index contributed by atoms with van der Waals surface area (Å²) in [4.78, 5) is 26.0. The van der Waals surface area contributed by atoms with E-state index in [9.17, 15) is 18.4 Å². The highest BCUT2D eigenvalue weighted by atomic mass is 19.2. The van der Waals surface area contributed by atoms with E-state index >= 15 is 0 Å². The SMILES string of the molecule is CCC(=O)N1CCCc2cc(NC(=O)c3ccc(F)c(F)c3)ccc21. The van der Waals surface area contributed by atoms with E-state index in [1.54, 1.807) is 11.0 Å². The lowest BCUT2D eigenvalue weighted by molar-refractivity contribution is -0.118. The van der Waals surface area contributed by atoms with Crippen molar-refractivity contribution in [2.45, 2.75) is 26.2 Å². The molecular weight excluding hydrogens is 326 g/mol. The molecule has 0 spiro atoms. The molecule has 1 N–H and O–H groups in total. The van der Waals surface area contributed by atoms with Crippen molar-refractivity contribution in [2.75, 3.05) is 16.8 Å². The van der Waals surface area contributed by atoms with E-state index < -0.39 is 17.5 Å². The zero-order chi connectivity index (χ0) is 18.0. The van der Waals surface area contributed by atoms with E-state index in [1.807, 2.05) is 19.1 Å². The minimum absolute atomic E-state index is 0.0411. The van der Waals surface area contributed by atoms with Crippen LogP contribution in [0.25, 0.3) is 0 Å². The summed E-state index contributed by atoms with van der Waals surface area (Å²) in [6.45, 7) is 2.52. The normalized spacial score (nSPS) is 13.3. The van der Waals surface area contributed by atoms with Crippen molar-refractivity contribution < 1.29 is 18.4 Å². The average Bonchev–Trinajstić information content (AvgIpc) is 2.62. The van der Waals surface area contributed by atoms with E-state index in [1.165, 1.54) is 6.07 Å². The van der Waals surface area contributed by atoms with Gasteiger partial charge in [-0.3, -0.25) is 9.59 Å². The molecule has 0 unspecified atom stereocenters. The molecule has 4 nitrogen and oxygen atoms in total. The molecular formula is C19H18F2N2O2. The van der Waals surface area contributed by atoms with E-state index in [0.717, 1.165) is 36.2 Å². The fraction of sp³-hybridized carbons (Fsp3) is 0.263. The lowest BCUT2D eigenvalue weighted by atomic mass is 10.0. The van der Waals surface area contributed by atoms with Gasteiger partial charge in [-0.1, -0.05) is 6.92 Å². The van der Waals surface area contributed by atoms with Gasteiger partial charge in [0.2, 0.25) is 5.91 Å². The van der Waals surface area contributed by atoms with Gasteiger partial charge in [0.1, 0.15) is 0 Å². The van der Waals surface area contributed by atoms with Gasteiger partial charge in [0.25, 0.3) is 5.91 Å². The molecule has 0 atom stereocenters. The Kier molecular flexibility index (Phi) is 4.79. The Bertz CT molecular complexity index is 836. The number of rotatable bonds is 3. The summed E-state index contributed by atoms with van der Waals surface area (Å²) in [6, 6.07) is 8.35. The molecule has 0 bridgehead atoms. The molecule has 0 saturated heterocycles. The highest BCUT2D eigenvalue weighted by Crippen LogP contribution is 2.30. The summed E-state index contributed by atoms with van der Waals surface area (Å²) in [5.41, 5.74) is 2.44. The van der Waals surface area contributed by atoms with Crippen molar-refractivity contribution >= 4 is 23.2 Å². The summed E-state index contributed by atoms with van der Waals surface area (Å²) >= 11 is 0. The summed E-state index contributed by atoms with van der Waals surface area (Å²) in [6.07, 6.45) is 2.12. The number of nitrogens with zero attached hydrogens (tertiary/aromatic N) is 1. The number of amides is 2.